The number of hydrogen-bond acceptors (Lipinski definition) is 2. The molecule has 0 bridgehead atoms. The second kappa shape index (κ2) is 14.5. The van der Waals surface area contributed by atoms with E-state index in [9.17, 15) is 0 Å². The maximum absolute atomic E-state index is 6.36. The molecule has 3 nitrogen and oxygen atoms in total. The van der Waals surface area contributed by atoms with E-state index in [4.69, 9.17) is 4.42 Å². The highest BCUT2D eigenvalue weighted by Gasteiger charge is 2.17. The first-order valence-electron chi connectivity index (χ1n) is 21.2. The molecule has 10 aromatic carbocycles. The molecule has 62 heavy (non-hydrogen) atoms. The highest BCUT2D eigenvalue weighted by Crippen LogP contribution is 2.41. The van der Waals surface area contributed by atoms with Crippen LogP contribution in [-0.2, 0) is 0 Å². The molecule has 0 saturated carbocycles. The van der Waals surface area contributed by atoms with Gasteiger partial charge in [0.1, 0.15) is 11.2 Å². The maximum Gasteiger partial charge on any atom is 0.143 e. The van der Waals surface area contributed by atoms with Crippen LogP contribution in [0.5, 0.6) is 0 Å². The van der Waals surface area contributed by atoms with Crippen molar-refractivity contribution in [2.24, 2.45) is 0 Å². The summed E-state index contributed by atoms with van der Waals surface area (Å²) in [6.45, 7) is 2.13. The largest absolute Gasteiger partial charge is 0.455 e. The van der Waals surface area contributed by atoms with Crippen molar-refractivity contribution < 1.29 is 4.42 Å². The monoisotopic (exact) mass is 792 g/mol. The van der Waals surface area contributed by atoms with Crippen LogP contribution in [0.4, 0.5) is 17.1 Å². The first kappa shape index (κ1) is 35.8. The van der Waals surface area contributed by atoms with Crippen LogP contribution in [0.1, 0.15) is 5.56 Å². The average molecular weight is 793 g/mol. The number of hydrogen-bond donors (Lipinski definition) is 0. The van der Waals surface area contributed by atoms with E-state index < -0.39 is 0 Å². The number of nitrogens with zero attached hydrogens (tertiary/aromatic N) is 2. The van der Waals surface area contributed by atoms with Crippen LogP contribution < -0.4 is 4.90 Å². The molecule has 2 heterocycles. The Morgan fingerprint density at radius 3 is 1.73 bits per heavy atom. The first-order chi connectivity index (χ1) is 30.6. The van der Waals surface area contributed by atoms with Gasteiger partial charge in [0, 0.05) is 49.6 Å². The van der Waals surface area contributed by atoms with Crippen LogP contribution in [0.2, 0.25) is 0 Å². The van der Waals surface area contributed by atoms with Gasteiger partial charge < -0.3 is 13.9 Å². The molecule has 3 heteroatoms. The number of aromatic nitrogens is 1. The van der Waals surface area contributed by atoms with Gasteiger partial charge in [0.25, 0.3) is 0 Å². The lowest BCUT2D eigenvalue weighted by Gasteiger charge is -2.27. The van der Waals surface area contributed by atoms with Crippen molar-refractivity contribution in [3.05, 3.63) is 230 Å². The highest BCUT2D eigenvalue weighted by atomic mass is 16.3. The number of rotatable bonds is 7. The van der Waals surface area contributed by atoms with Crippen molar-refractivity contribution >= 4 is 71.6 Å². The minimum absolute atomic E-state index is 0.916. The second-order valence-electron chi connectivity index (χ2n) is 16.2. The molecule has 2 aromatic heterocycles. The van der Waals surface area contributed by atoms with E-state index in [2.05, 4.69) is 229 Å². The third-order valence-electron chi connectivity index (χ3n) is 12.5. The van der Waals surface area contributed by atoms with Gasteiger partial charge in [0.05, 0.1) is 16.7 Å². The Morgan fingerprint density at radius 1 is 0.387 bits per heavy atom. The molecule has 0 aliphatic rings. The predicted molar refractivity (Wildman–Crippen MR) is 261 cm³/mol. The normalized spacial score (nSPS) is 11.6. The minimum Gasteiger partial charge on any atom is -0.455 e. The quantitative estimate of drug-likeness (QED) is 0.160. The summed E-state index contributed by atoms with van der Waals surface area (Å²) in [5.74, 6) is 0. The van der Waals surface area contributed by atoms with Crippen LogP contribution in [0, 0.1) is 6.92 Å². The van der Waals surface area contributed by atoms with Crippen molar-refractivity contribution in [1.82, 2.24) is 4.57 Å². The SMILES string of the molecule is Cc1ccc(N(c2ccc(-c3ccc(-n4c5ccccc5c5cc(-c6ccc(-c7cccc8c7oc7ccccc78)cc6)ccc54)cc3)cc2)c2cccc3ccccc23)cc1. The molecule has 0 spiro atoms. The van der Waals surface area contributed by atoms with Crippen LogP contribution >= 0.6 is 0 Å². The summed E-state index contributed by atoms with van der Waals surface area (Å²) in [5.41, 5.74) is 17.0. The van der Waals surface area contributed by atoms with Crippen LogP contribution in [0.15, 0.2) is 229 Å². The number of anilines is 3. The molecule has 0 amide bonds. The van der Waals surface area contributed by atoms with Crippen molar-refractivity contribution in [2.45, 2.75) is 6.92 Å². The van der Waals surface area contributed by atoms with E-state index in [-0.39, 0.29) is 0 Å². The summed E-state index contributed by atoms with van der Waals surface area (Å²) in [4.78, 5) is 2.36. The van der Waals surface area contributed by atoms with Gasteiger partial charge in [0.15, 0.2) is 0 Å². The van der Waals surface area contributed by atoms with Crippen molar-refractivity contribution in [3.63, 3.8) is 0 Å². The Balaban J connectivity index is 0.861. The lowest BCUT2D eigenvalue weighted by atomic mass is 9.98. The first-order valence-corrected chi connectivity index (χ1v) is 21.2. The highest BCUT2D eigenvalue weighted by molar-refractivity contribution is 6.11. The number of benzene rings is 10. The van der Waals surface area contributed by atoms with Crippen LogP contribution in [0.25, 0.3) is 93.6 Å². The van der Waals surface area contributed by atoms with Gasteiger partial charge >= 0.3 is 0 Å². The molecule has 0 aliphatic heterocycles. The fourth-order valence-electron chi connectivity index (χ4n) is 9.38. The summed E-state index contributed by atoms with van der Waals surface area (Å²) in [6, 6.07) is 81.1. The Bertz CT molecular complexity index is 3610. The Hall–Kier alpha value is -8.14. The van der Waals surface area contributed by atoms with E-state index in [1.165, 1.54) is 60.4 Å². The standard InChI is InChI=1S/C59H40N2O/c1-39-20-31-46(32-21-39)60(55-18-8-11-43-10-2-3-12-49(43)55)47-33-26-40(27-34-47)41-28-35-48(36-29-41)61-56-17-6-4-13-51(56)54-38-45(30-37-57(54)61)42-22-24-44(25-23-42)50-15-9-16-53-52-14-5-7-19-58(52)62-59(50)53/h2-38H,1H3. The van der Waals surface area contributed by atoms with Crippen molar-refractivity contribution in [1.29, 1.82) is 0 Å². The predicted octanol–water partition coefficient (Wildman–Crippen LogP) is 16.6. The summed E-state index contributed by atoms with van der Waals surface area (Å²) >= 11 is 0. The molecule has 292 valence electrons. The van der Waals surface area contributed by atoms with Gasteiger partial charge in [0.2, 0.25) is 0 Å². The topological polar surface area (TPSA) is 21.3 Å². The number of para-hydroxylation sites is 3. The van der Waals surface area contributed by atoms with Crippen molar-refractivity contribution in [3.8, 4) is 39.1 Å². The van der Waals surface area contributed by atoms with Crippen molar-refractivity contribution in [2.75, 3.05) is 4.90 Å². The zero-order valence-corrected chi connectivity index (χ0v) is 34.2. The Kier molecular flexibility index (Phi) is 8.39. The fraction of sp³-hybridized carbons (Fsp3) is 0.0169. The molecule has 0 fully saturated rings. The van der Waals surface area contributed by atoms with Gasteiger partial charge in [-0.1, -0.05) is 163 Å². The molecular weight excluding hydrogens is 753 g/mol. The minimum atomic E-state index is 0.916. The van der Waals surface area contributed by atoms with E-state index in [1.54, 1.807) is 0 Å². The summed E-state index contributed by atoms with van der Waals surface area (Å²) in [7, 11) is 0. The molecule has 0 saturated heterocycles. The number of furan rings is 1. The van der Waals surface area contributed by atoms with Crippen LogP contribution in [0.3, 0.4) is 0 Å². The van der Waals surface area contributed by atoms with Gasteiger partial charge in [-0.2, -0.15) is 0 Å². The van der Waals surface area contributed by atoms with Gasteiger partial charge in [-0.25, -0.2) is 0 Å². The van der Waals surface area contributed by atoms with E-state index >= 15 is 0 Å². The van der Waals surface area contributed by atoms with Crippen LogP contribution in [-0.4, -0.2) is 4.57 Å². The molecule has 0 radical (unpaired) electrons. The fourth-order valence-corrected chi connectivity index (χ4v) is 9.38. The van der Waals surface area contributed by atoms with Gasteiger partial charge in [-0.3, -0.25) is 0 Å². The molecule has 0 atom stereocenters. The number of aryl methyl sites for hydroxylation is 1. The Morgan fingerprint density at radius 2 is 0.935 bits per heavy atom. The average Bonchev–Trinajstić information content (AvgIpc) is 3.88. The van der Waals surface area contributed by atoms with Gasteiger partial charge in [-0.05, 0) is 107 Å². The molecule has 12 aromatic rings. The second-order valence-corrected chi connectivity index (χ2v) is 16.2. The maximum atomic E-state index is 6.36. The molecule has 0 unspecified atom stereocenters. The third kappa shape index (κ3) is 5.97. The smallest absolute Gasteiger partial charge is 0.143 e. The Labute approximate surface area is 360 Å². The van der Waals surface area contributed by atoms with E-state index in [0.29, 0.717) is 0 Å². The van der Waals surface area contributed by atoms with E-state index in [0.717, 1.165) is 55.8 Å². The lowest BCUT2D eigenvalue weighted by Crippen LogP contribution is -2.10. The van der Waals surface area contributed by atoms with Gasteiger partial charge in [-0.15, -0.1) is 0 Å². The summed E-state index contributed by atoms with van der Waals surface area (Å²) in [5, 5.41) is 7.21. The van der Waals surface area contributed by atoms with E-state index in [1.807, 2.05) is 12.1 Å². The summed E-state index contributed by atoms with van der Waals surface area (Å²) < 4.78 is 8.75. The summed E-state index contributed by atoms with van der Waals surface area (Å²) in [6.07, 6.45) is 0. The molecule has 0 aliphatic carbocycles. The number of fused-ring (bicyclic) bond motifs is 7. The lowest BCUT2D eigenvalue weighted by molar-refractivity contribution is 0.670. The zero-order valence-electron chi connectivity index (χ0n) is 34.2. The molecule has 12 rings (SSSR count). The molecular formula is C59H40N2O. The molecule has 0 N–H and O–H groups in total. The zero-order chi connectivity index (χ0) is 41.1. The third-order valence-corrected chi connectivity index (χ3v) is 12.5.